The van der Waals surface area contributed by atoms with Crippen LogP contribution in [0.3, 0.4) is 0 Å². The van der Waals surface area contributed by atoms with Gasteiger partial charge < -0.3 is 15.0 Å². The predicted octanol–water partition coefficient (Wildman–Crippen LogP) is 2.66. The average molecular weight is 391 g/mol. The second-order valence-corrected chi connectivity index (χ2v) is 6.65. The van der Waals surface area contributed by atoms with E-state index in [1.807, 2.05) is 4.90 Å². The Kier molecular flexibility index (Phi) is 8.00. The zero-order valence-electron chi connectivity index (χ0n) is 15.3. The summed E-state index contributed by atoms with van der Waals surface area (Å²) in [7, 11) is 0. The van der Waals surface area contributed by atoms with E-state index in [9.17, 15) is 22.4 Å². The number of halogens is 4. The van der Waals surface area contributed by atoms with Gasteiger partial charge in [0.2, 0.25) is 5.91 Å². The number of alkyl halides is 3. The number of rotatable bonds is 8. The highest BCUT2D eigenvalue weighted by Gasteiger charge is 2.27. The maximum Gasteiger partial charge on any atom is 0.411 e. The van der Waals surface area contributed by atoms with Crippen molar-refractivity contribution in [2.24, 2.45) is 0 Å². The van der Waals surface area contributed by atoms with E-state index in [1.54, 1.807) is 19.1 Å². The van der Waals surface area contributed by atoms with Crippen LogP contribution in [0.4, 0.5) is 23.2 Å². The molecule has 1 fully saturated rings. The second-order valence-electron chi connectivity index (χ2n) is 6.65. The lowest BCUT2D eigenvalue weighted by molar-refractivity contribution is -0.174. The van der Waals surface area contributed by atoms with Crippen molar-refractivity contribution in [1.29, 1.82) is 0 Å². The van der Waals surface area contributed by atoms with E-state index >= 15 is 0 Å². The number of hydrogen-bond acceptors (Lipinski definition) is 4. The van der Waals surface area contributed by atoms with E-state index in [0.717, 1.165) is 13.1 Å². The number of hydrogen-bond donors (Lipinski definition) is 1. The third kappa shape index (κ3) is 8.23. The van der Waals surface area contributed by atoms with Crippen molar-refractivity contribution in [2.75, 3.05) is 57.8 Å². The maximum atomic E-state index is 13.5. The number of amides is 1. The summed E-state index contributed by atoms with van der Waals surface area (Å²) in [6, 6.07) is 4.57. The Morgan fingerprint density at radius 2 is 1.85 bits per heavy atom. The molecule has 1 heterocycles. The molecule has 0 unspecified atom stereocenters. The summed E-state index contributed by atoms with van der Waals surface area (Å²) in [6.45, 7) is 4.28. The Hall–Kier alpha value is -1.71. The Bertz CT molecular complexity index is 617. The Morgan fingerprint density at radius 1 is 1.19 bits per heavy atom. The van der Waals surface area contributed by atoms with Crippen LogP contribution in [-0.2, 0) is 9.53 Å². The van der Waals surface area contributed by atoms with Gasteiger partial charge in [-0.3, -0.25) is 9.69 Å². The first-order valence-electron chi connectivity index (χ1n) is 8.88. The summed E-state index contributed by atoms with van der Waals surface area (Å²) in [6.07, 6.45) is -3.74. The van der Waals surface area contributed by atoms with Crippen LogP contribution in [-0.4, -0.2) is 74.4 Å². The summed E-state index contributed by atoms with van der Waals surface area (Å²) >= 11 is 0. The first-order valence-corrected chi connectivity index (χ1v) is 8.88. The standard InChI is InChI=1S/C18H25F4N3O2/c1-14-3-4-15(11-16(14)19)23-17(26)12-25-8-6-24(7-9-25)5-2-10-27-13-18(20,21)22/h3-4,11H,2,5-10,12-13H2,1H3,(H,23,26). The van der Waals surface area contributed by atoms with Crippen LogP contribution in [0.1, 0.15) is 12.0 Å². The normalized spacial score (nSPS) is 16.5. The fourth-order valence-electron chi connectivity index (χ4n) is 2.82. The topological polar surface area (TPSA) is 44.8 Å². The first-order chi connectivity index (χ1) is 12.7. The van der Waals surface area contributed by atoms with Crippen LogP contribution in [0, 0.1) is 12.7 Å². The number of nitrogens with zero attached hydrogens (tertiary/aromatic N) is 2. The van der Waals surface area contributed by atoms with Gasteiger partial charge in [0.25, 0.3) is 0 Å². The highest BCUT2D eigenvalue weighted by atomic mass is 19.4. The fraction of sp³-hybridized carbons (Fsp3) is 0.611. The van der Waals surface area contributed by atoms with Gasteiger partial charge in [-0.25, -0.2) is 4.39 Å². The lowest BCUT2D eigenvalue weighted by Crippen LogP contribution is -2.48. The van der Waals surface area contributed by atoms with Crippen molar-refractivity contribution >= 4 is 11.6 Å². The molecule has 1 aromatic carbocycles. The van der Waals surface area contributed by atoms with Crippen molar-refractivity contribution in [3.63, 3.8) is 0 Å². The summed E-state index contributed by atoms with van der Waals surface area (Å²) in [5, 5.41) is 2.69. The van der Waals surface area contributed by atoms with Crippen LogP contribution < -0.4 is 5.32 Å². The number of carbonyl (C=O) groups excluding carboxylic acids is 1. The highest BCUT2D eigenvalue weighted by Crippen LogP contribution is 2.15. The summed E-state index contributed by atoms with van der Waals surface area (Å²) in [5.41, 5.74) is 0.952. The summed E-state index contributed by atoms with van der Waals surface area (Å²) in [4.78, 5) is 16.2. The molecular formula is C18H25F4N3O2. The largest absolute Gasteiger partial charge is 0.411 e. The highest BCUT2D eigenvalue weighted by molar-refractivity contribution is 5.92. The Balaban J connectivity index is 1.61. The van der Waals surface area contributed by atoms with Crippen molar-refractivity contribution in [3.8, 4) is 0 Å². The zero-order valence-corrected chi connectivity index (χ0v) is 15.3. The van der Waals surface area contributed by atoms with Crippen molar-refractivity contribution in [1.82, 2.24) is 9.80 Å². The molecule has 1 aliphatic rings. The second kappa shape index (κ2) is 10.0. The molecule has 1 saturated heterocycles. The third-order valence-electron chi connectivity index (χ3n) is 4.32. The van der Waals surface area contributed by atoms with Gasteiger partial charge in [-0.2, -0.15) is 13.2 Å². The van der Waals surface area contributed by atoms with Gasteiger partial charge in [0.05, 0.1) is 6.54 Å². The Morgan fingerprint density at radius 3 is 2.48 bits per heavy atom. The minimum atomic E-state index is -4.28. The maximum absolute atomic E-state index is 13.5. The van der Waals surface area contributed by atoms with E-state index in [1.165, 1.54) is 6.07 Å². The molecule has 0 spiro atoms. The SMILES string of the molecule is Cc1ccc(NC(=O)CN2CCN(CCCOCC(F)(F)F)CC2)cc1F. The molecule has 27 heavy (non-hydrogen) atoms. The molecule has 0 saturated carbocycles. The molecule has 0 radical (unpaired) electrons. The number of aryl methyl sites for hydroxylation is 1. The summed E-state index contributed by atoms with van der Waals surface area (Å²) in [5.74, 6) is -0.562. The molecule has 9 heteroatoms. The minimum absolute atomic E-state index is 0.0786. The van der Waals surface area contributed by atoms with Gasteiger partial charge in [-0.05, 0) is 31.0 Å². The van der Waals surface area contributed by atoms with Crippen molar-refractivity contribution in [2.45, 2.75) is 19.5 Å². The van der Waals surface area contributed by atoms with Gasteiger partial charge in [0, 0.05) is 45.0 Å². The van der Waals surface area contributed by atoms with Crippen molar-refractivity contribution in [3.05, 3.63) is 29.6 Å². The van der Waals surface area contributed by atoms with E-state index in [-0.39, 0.29) is 24.9 Å². The smallest absolute Gasteiger partial charge is 0.372 e. The lowest BCUT2D eigenvalue weighted by atomic mass is 10.2. The van der Waals surface area contributed by atoms with Gasteiger partial charge >= 0.3 is 6.18 Å². The molecular weight excluding hydrogens is 366 g/mol. The molecule has 0 bridgehead atoms. The van der Waals surface area contributed by atoms with Crippen molar-refractivity contribution < 1.29 is 27.1 Å². The average Bonchev–Trinajstić information content (AvgIpc) is 2.58. The number of anilines is 1. The number of ether oxygens (including phenoxy) is 1. The molecule has 1 N–H and O–H groups in total. The van der Waals surface area contributed by atoms with Crippen LogP contribution in [0.15, 0.2) is 18.2 Å². The molecule has 5 nitrogen and oxygen atoms in total. The van der Waals surface area contributed by atoms with Crippen LogP contribution in [0.5, 0.6) is 0 Å². The van der Waals surface area contributed by atoms with E-state index in [0.29, 0.717) is 37.3 Å². The third-order valence-corrected chi connectivity index (χ3v) is 4.32. The van der Waals surface area contributed by atoms with Gasteiger partial charge in [-0.15, -0.1) is 0 Å². The van der Waals surface area contributed by atoms with Crippen LogP contribution in [0.2, 0.25) is 0 Å². The fourth-order valence-corrected chi connectivity index (χ4v) is 2.82. The Labute approximate surface area is 156 Å². The van der Waals surface area contributed by atoms with Gasteiger partial charge in [0.15, 0.2) is 0 Å². The van der Waals surface area contributed by atoms with E-state index in [4.69, 9.17) is 0 Å². The molecule has 1 amide bonds. The molecule has 1 aromatic rings. The van der Waals surface area contributed by atoms with Gasteiger partial charge in [-0.1, -0.05) is 6.07 Å². The first kappa shape index (κ1) is 21.6. The zero-order chi connectivity index (χ0) is 19.9. The molecule has 152 valence electrons. The van der Waals surface area contributed by atoms with Crippen LogP contribution in [0.25, 0.3) is 0 Å². The predicted molar refractivity (Wildman–Crippen MR) is 94.1 cm³/mol. The number of benzene rings is 1. The molecule has 1 aliphatic heterocycles. The van der Waals surface area contributed by atoms with E-state index in [2.05, 4.69) is 15.0 Å². The minimum Gasteiger partial charge on any atom is -0.372 e. The van der Waals surface area contributed by atoms with Crippen LogP contribution >= 0.6 is 0 Å². The lowest BCUT2D eigenvalue weighted by Gasteiger charge is -2.34. The number of nitrogens with one attached hydrogen (secondary N) is 1. The molecule has 2 rings (SSSR count). The molecule has 0 atom stereocenters. The summed E-state index contributed by atoms with van der Waals surface area (Å²) < 4.78 is 54.0. The number of piperazine rings is 1. The quantitative estimate of drug-likeness (QED) is 0.547. The monoisotopic (exact) mass is 391 g/mol. The molecule has 0 aromatic heterocycles. The molecule has 0 aliphatic carbocycles. The van der Waals surface area contributed by atoms with Gasteiger partial charge in [0.1, 0.15) is 12.4 Å². The number of carbonyl (C=O) groups is 1. The van der Waals surface area contributed by atoms with E-state index < -0.39 is 12.8 Å².